The number of carboxylic acid groups (broad SMARTS) is 1. The zero-order valence-corrected chi connectivity index (χ0v) is 10.4. The summed E-state index contributed by atoms with van der Waals surface area (Å²) in [6.07, 6.45) is 0.0777. The lowest BCUT2D eigenvalue weighted by Crippen LogP contribution is -2.52. The molecule has 1 saturated heterocycles. The number of carbonyl (C=O) groups excluding carboxylic acids is 1. The minimum absolute atomic E-state index is 0.0720. The molecule has 1 aliphatic heterocycles. The standard InChI is InChI=1S/C11H20N2O4/c1-4-11(2,3)12-10(17)13-6-7(14)5-8(13)9(15)16/h7-8,14H,4-6H2,1-3H3,(H,12,17)(H,15,16)/t7-,8-/m0/s1. The molecule has 1 aliphatic rings. The molecule has 0 bridgehead atoms. The SMILES string of the molecule is CCC(C)(C)NC(=O)N1C[C@@H](O)C[C@H]1C(=O)O. The summed E-state index contributed by atoms with van der Waals surface area (Å²) in [5.74, 6) is -1.08. The van der Waals surface area contributed by atoms with Crippen LogP contribution in [0.2, 0.25) is 0 Å². The van der Waals surface area contributed by atoms with Gasteiger partial charge in [0.05, 0.1) is 6.10 Å². The van der Waals surface area contributed by atoms with Crippen LogP contribution in [0, 0.1) is 0 Å². The maximum atomic E-state index is 11.9. The minimum atomic E-state index is -1.08. The lowest BCUT2D eigenvalue weighted by Gasteiger charge is -2.29. The highest BCUT2D eigenvalue weighted by Gasteiger charge is 2.39. The van der Waals surface area contributed by atoms with Crippen LogP contribution in [0.15, 0.2) is 0 Å². The number of nitrogens with zero attached hydrogens (tertiary/aromatic N) is 1. The quantitative estimate of drug-likeness (QED) is 0.670. The molecule has 0 aromatic carbocycles. The Kier molecular flexibility index (Phi) is 3.98. The molecule has 17 heavy (non-hydrogen) atoms. The van der Waals surface area contributed by atoms with Crippen molar-refractivity contribution in [3.05, 3.63) is 0 Å². The fourth-order valence-electron chi connectivity index (χ4n) is 1.72. The van der Waals surface area contributed by atoms with Gasteiger partial charge < -0.3 is 20.4 Å². The molecule has 0 spiro atoms. The van der Waals surface area contributed by atoms with Gasteiger partial charge in [0.1, 0.15) is 6.04 Å². The second-order valence-corrected chi connectivity index (χ2v) is 5.06. The van der Waals surface area contributed by atoms with E-state index in [0.717, 1.165) is 6.42 Å². The van der Waals surface area contributed by atoms with Gasteiger partial charge in [-0.1, -0.05) is 6.92 Å². The first-order chi connectivity index (χ1) is 7.76. The molecule has 98 valence electrons. The Morgan fingerprint density at radius 2 is 2.06 bits per heavy atom. The van der Waals surface area contributed by atoms with Gasteiger partial charge in [0.15, 0.2) is 0 Å². The molecule has 1 fully saturated rings. The van der Waals surface area contributed by atoms with Gasteiger partial charge in [0.25, 0.3) is 0 Å². The van der Waals surface area contributed by atoms with E-state index < -0.39 is 24.1 Å². The van der Waals surface area contributed by atoms with Gasteiger partial charge in [-0.05, 0) is 20.3 Å². The van der Waals surface area contributed by atoms with Gasteiger partial charge in [0.2, 0.25) is 0 Å². The molecular weight excluding hydrogens is 224 g/mol. The Morgan fingerprint density at radius 1 is 1.47 bits per heavy atom. The Morgan fingerprint density at radius 3 is 2.53 bits per heavy atom. The number of hydrogen-bond acceptors (Lipinski definition) is 3. The first-order valence-corrected chi connectivity index (χ1v) is 5.76. The van der Waals surface area contributed by atoms with Crippen LogP contribution in [0.3, 0.4) is 0 Å². The van der Waals surface area contributed by atoms with Gasteiger partial charge in [-0.25, -0.2) is 9.59 Å². The molecule has 6 heteroatoms. The van der Waals surface area contributed by atoms with Crippen LogP contribution in [-0.2, 0) is 4.79 Å². The molecule has 6 nitrogen and oxygen atoms in total. The van der Waals surface area contributed by atoms with E-state index in [1.165, 1.54) is 4.90 Å². The van der Waals surface area contributed by atoms with Crippen LogP contribution in [0.25, 0.3) is 0 Å². The van der Waals surface area contributed by atoms with Gasteiger partial charge >= 0.3 is 12.0 Å². The molecule has 3 N–H and O–H groups in total. The molecule has 1 rings (SSSR count). The van der Waals surface area contributed by atoms with Crippen molar-refractivity contribution >= 4 is 12.0 Å². The van der Waals surface area contributed by atoms with Crippen LogP contribution < -0.4 is 5.32 Å². The molecule has 0 saturated carbocycles. The van der Waals surface area contributed by atoms with Crippen molar-refractivity contribution in [2.24, 2.45) is 0 Å². The largest absolute Gasteiger partial charge is 0.480 e. The molecule has 0 radical (unpaired) electrons. The number of aliphatic carboxylic acids is 1. The van der Waals surface area contributed by atoms with E-state index in [1.807, 2.05) is 20.8 Å². The van der Waals surface area contributed by atoms with Gasteiger partial charge in [0, 0.05) is 18.5 Å². The van der Waals surface area contributed by atoms with E-state index >= 15 is 0 Å². The summed E-state index contributed by atoms with van der Waals surface area (Å²) in [6.45, 7) is 5.75. The number of rotatable bonds is 3. The number of amides is 2. The average molecular weight is 244 g/mol. The Labute approximate surface area is 101 Å². The Balaban J connectivity index is 2.71. The van der Waals surface area contributed by atoms with Crippen molar-refractivity contribution in [2.45, 2.75) is 51.3 Å². The number of nitrogens with one attached hydrogen (secondary N) is 1. The van der Waals surface area contributed by atoms with Crippen LogP contribution in [0.5, 0.6) is 0 Å². The number of carbonyl (C=O) groups is 2. The monoisotopic (exact) mass is 244 g/mol. The van der Waals surface area contributed by atoms with E-state index in [-0.39, 0.29) is 18.5 Å². The number of hydrogen-bond donors (Lipinski definition) is 3. The zero-order valence-electron chi connectivity index (χ0n) is 10.4. The maximum Gasteiger partial charge on any atom is 0.326 e. The van der Waals surface area contributed by atoms with Crippen molar-refractivity contribution in [1.82, 2.24) is 10.2 Å². The Bertz CT molecular complexity index is 317. The highest BCUT2D eigenvalue weighted by molar-refractivity contribution is 5.83. The predicted molar refractivity (Wildman–Crippen MR) is 61.7 cm³/mol. The minimum Gasteiger partial charge on any atom is -0.480 e. The van der Waals surface area contributed by atoms with E-state index in [2.05, 4.69) is 5.32 Å². The van der Waals surface area contributed by atoms with Crippen molar-refractivity contribution in [3.8, 4) is 0 Å². The summed E-state index contributed by atoms with van der Waals surface area (Å²) in [5, 5.41) is 21.2. The molecule has 2 atom stereocenters. The summed E-state index contributed by atoms with van der Waals surface area (Å²) < 4.78 is 0. The van der Waals surface area contributed by atoms with E-state index in [0.29, 0.717) is 0 Å². The highest BCUT2D eigenvalue weighted by Crippen LogP contribution is 2.19. The zero-order chi connectivity index (χ0) is 13.2. The third kappa shape index (κ3) is 3.33. The van der Waals surface area contributed by atoms with Crippen molar-refractivity contribution in [1.29, 1.82) is 0 Å². The van der Waals surface area contributed by atoms with Crippen molar-refractivity contribution in [2.75, 3.05) is 6.54 Å². The van der Waals surface area contributed by atoms with Crippen molar-refractivity contribution in [3.63, 3.8) is 0 Å². The lowest BCUT2D eigenvalue weighted by molar-refractivity contribution is -0.141. The highest BCUT2D eigenvalue weighted by atomic mass is 16.4. The number of aliphatic hydroxyl groups excluding tert-OH is 1. The normalized spacial score (nSPS) is 24.8. The van der Waals surface area contributed by atoms with Crippen LogP contribution >= 0.6 is 0 Å². The molecule has 0 aromatic rings. The summed E-state index contributed by atoms with van der Waals surface area (Å²) in [5.41, 5.74) is -0.381. The fraction of sp³-hybridized carbons (Fsp3) is 0.818. The second kappa shape index (κ2) is 4.91. The molecule has 0 aliphatic carbocycles. The van der Waals surface area contributed by atoms with Crippen LogP contribution in [0.1, 0.15) is 33.6 Å². The third-order valence-electron chi connectivity index (χ3n) is 3.15. The predicted octanol–water partition coefficient (Wildman–Crippen LogP) is 0.404. The number of aliphatic hydroxyl groups is 1. The molecular formula is C11H20N2O4. The van der Waals surface area contributed by atoms with E-state index in [9.17, 15) is 14.7 Å². The topological polar surface area (TPSA) is 89.9 Å². The molecule has 2 amide bonds. The van der Waals surface area contributed by atoms with Crippen LogP contribution in [0.4, 0.5) is 4.79 Å². The van der Waals surface area contributed by atoms with Gasteiger partial charge in [-0.2, -0.15) is 0 Å². The summed E-state index contributed by atoms with van der Waals surface area (Å²) in [6, 6.07) is -1.36. The van der Waals surface area contributed by atoms with Crippen molar-refractivity contribution < 1.29 is 19.8 Å². The summed E-state index contributed by atoms with van der Waals surface area (Å²) in [4.78, 5) is 24.1. The third-order valence-corrected chi connectivity index (χ3v) is 3.15. The van der Waals surface area contributed by atoms with Gasteiger partial charge in [-0.3, -0.25) is 0 Å². The van der Waals surface area contributed by atoms with E-state index in [1.54, 1.807) is 0 Å². The lowest BCUT2D eigenvalue weighted by atomic mass is 10.0. The maximum absolute atomic E-state index is 11.9. The fourth-order valence-corrected chi connectivity index (χ4v) is 1.72. The first-order valence-electron chi connectivity index (χ1n) is 5.76. The number of carboxylic acids is 1. The van der Waals surface area contributed by atoms with Crippen LogP contribution in [-0.4, -0.2) is 51.3 Å². The molecule has 0 unspecified atom stereocenters. The summed E-state index contributed by atoms with van der Waals surface area (Å²) >= 11 is 0. The van der Waals surface area contributed by atoms with E-state index in [4.69, 9.17) is 5.11 Å². The Hall–Kier alpha value is -1.30. The molecule has 0 aromatic heterocycles. The first kappa shape index (κ1) is 13.8. The molecule has 1 heterocycles. The smallest absolute Gasteiger partial charge is 0.326 e. The average Bonchev–Trinajstić information content (AvgIpc) is 2.60. The second-order valence-electron chi connectivity index (χ2n) is 5.06. The van der Waals surface area contributed by atoms with Gasteiger partial charge in [-0.15, -0.1) is 0 Å². The number of urea groups is 1. The number of likely N-dealkylation sites (tertiary alicyclic amines) is 1. The number of β-amino-alcohol motifs (C(OH)–C–C–N with tert-alkyl or cyclic N) is 1. The summed E-state index contributed by atoms with van der Waals surface area (Å²) in [7, 11) is 0.